The zero-order valence-electron chi connectivity index (χ0n) is 14.7. The molecule has 6 heteroatoms. The number of amides is 1. The van der Waals surface area contributed by atoms with E-state index < -0.39 is 0 Å². The van der Waals surface area contributed by atoms with Crippen LogP contribution in [0.3, 0.4) is 0 Å². The van der Waals surface area contributed by atoms with E-state index in [0.717, 1.165) is 38.4 Å². The normalized spacial score (nSPS) is 20.7. The van der Waals surface area contributed by atoms with Crippen molar-refractivity contribution >= 4 is 12.1 Å². The second-order valence-electron chi connectivity index (χ2n) is 6.68. The van der Waals surface area contributed by atoms with E-state index in [9.17, 15) is 4.79 Å². The minimum Gasteiger partial charge on any atom is -0.350 e. The lowest BCUT2D eigenvalue weighted by molar-refractivity contribution is -1.02. The Hall–Kier alpha value is -2.44. The van der Waals surface area contributed by atoms with Crippen molar-refractivity contribution in [1.29, 1.82) is 0 Å². The van der Waals surface area contributed by atoms with Gasteiger partial charge in [0.15, 0.2) is 6.54 Å². The Bertz CT molecular complexity index is 702. The Labute approximate surface area is 148 Å². The molecule has 0 atom stereocenters. The molecule has 1 aliphatic heterocycles. The summed E-state index contributed by atoms with van der Waals surface area (Å²) in [7, 11) is 1.95. The molecular weight excluding hydrogens is 314 g/mol. The SMILES string of the molecule is Cn1cccc1/C=N\NC(=O)C[NH+]1CC[NH+](Cc2ccccc2)CC1. The number of hydrogen-bond donors (Lipinski definition) is 3. The Morgan fingerprint density at radius 1 is 1.12 bits per heavy atom. The highest BCUT2D eigenvalue weighted by Crippen LogP contribution is 1.95. The van der Waals surface area contributed by atoms with Gasteiger partial charge in [0, 0.05) is 18.8 Å². The number of benzene rings is 1. The van der Waals surface area contributed by atoms with Crippen LogP contribution >= 0.6 is 0 Å². The van der Waals surface area contributed by atoms with Gasteiger partial charge in [0.2, 0.25) is 0 Å². The number of hydrazone groups is 1. The number of rotatable bonds is 6. The van der Waals surface area contributed by atoms with Gasteiger partial charge >= 0.3 is 0 Å². The molecule has 1 aromatic heterocycles. The minimum atomic E-state index is -0.0213. The summed E-state index contributed by atoms with van der Waals surface area (Å²) in [5.74, 6) is -0.0213. The maximum atomic E-state index is 12.0. The van der Waals surface area contributed by atoms with Crippen LogP contribution in [0.25, 0.3) is 0 Å². The maximum absolute atomic E-state index is 12.0. The maximum Gasteiger partial charge on any atom is 0.295 e. The van der Waals surface area contributed by atoms with E-state index >= 15 is 0 Å². The van der Waals surface area contributed by atoms with Crippen molar-refractivity contribution in [1.82, 2.24) is 9.99 Å². The summed E-state index contributed by atoms with van der Waals surface area (Å²) in [6.07, 6.45) is 3.62. The lowest BCUT2D eigenvalue weighted by Crippen LogP contribution is -3.28. The first kappa shape index (κ1) is 17.4. The molecule has 132 valence electrons. The van der Waals surface area contributed by atoms with E-state index in [2.05, 4.69) is 40.9 Å². The Kier molecular flexibility index (Phi) is 5.98. The number of piperazine rings is 1. The summed E-state index contributed by atoms with van der Waals surface area (Å²) < 4.78 is 1.95. The molecule has 0 spiro atoms. The fourth-order valence-electron chi connectivity index (χ4n) is 3.24. The first-order valence-electron chi connectivity index (χ1n) is 8.85. The number of carbonyl (C=O) groups excluding carboxylic acids is 1. The van der Waals surface area contributed by atoms with Crippen LogP contribution in [0.15, 0.2) is 53.8 Å². The molecule has 1 aliphatic rings. The Morgan fingerprint density at radius 3 is 2.52 bits per heavy atom. The molecule has 3 rings (SSSR count). The number of quaternary nitrogens is 2. The molecule has 1 aromatic carbocycles. The monoisotopic (exact) mass is 341 g/mol. The molecule has 1 fully saturated rings. The van der Waals surface area contributed by atoms with E-state index in [1.807, 2.05) is 29.9 Å². The minimum absolute atomic E-state index is 0.0213. The average molecular weight is 341 g/mol. The topological polar surface area (TPSA) is 55.3 Å². The third-order valence-corrected chi connectivity index (χ3v) is 4.74. The number of aryl methyl sites for hydroxylation is 1. The third-order valence-electron chi connectivity index (χ3n) is 4.74. The summed E-state index contributed by atoms with van der Waals surface area (Å²) >= 11 is 0. The molecular formula is C19H27N5O+2. The van der Waals surface area contributed by atoms with E-state index in [1.54, 1.807) is 11.1 Å². The number of aromatic nitrogens is 1. The predicted octanol–water partition coefficient (Wildman–Crippen LogP) is -1.54. The van der Waals surface area contributed by atoms with Crippen molar-refractivity contribution in [2.24, 2.45) is 12.1 Å². The van der Waals surface area contributed by atoms with Gasteiger partial charge in [0.1, 0.15) is 32.7 Å². The second-order valence-corrected chi connectivity index (χ2v) is 6.68. The molecule has 6 nitrogen and oxygen atoms in total. The average Bonchev–Trinajstić information content (AvgIpc) is 3.03. The van der Waals surface area contributed by atoms with Gasteiger partial charge in [-0.1, -0.05) is 30.3 Å². The molecule has 0 bridgehead atoms. The summed E-state index contributed by atoms with van der Waals surface area (Å²) in [5.41, 5.74) is 4.98. The van der Waals surface area contributed by atoms with Gasteiger partial charge < -0.3 is 14.4 Å². The highest BCUT2D eigenvalue weighted by atomic mass is 16.2. The van der Waals surface area contributed by atoms with Crippen LogP contribution in [0.2, 0.25) is 0 Å². The van der Waals surface area contributed by atoms with Gasteiger partial charge in [0.05, 0.1) is 11.9 Å². The van der Waals surface area contributed by atoms with Crippen LogP contribution < -0.4 is 15.2 Å². The fraction of sp³-hybridized carbons (Fsp3) is 0.368. The Morgan fingerprint density at radius 2 is 1.84 bits per heavy atom. The molecule has 0 radical (unpaired) electrons. The van der Waals surface area contributed by atoms with E-state index in [0.29, 0.717) is 6.54 Å². The summed E-state index contributed by atoms with van der Waals surface area (Å²) in [6, 6.07) is 14.5. The number of nitrogens with one attached hydrogen (secondary N) is 3. The van der Waals surface area contributed by atoms with Crippen molar-refractivity contribution in [3.8, 4) is 0 Å². The molecule has 25 heavy (non-hydrogen) atoms. The van der Waals surface area contributed by atoms with E-state index in [1.165, 1.54) is 10.5 Å². The van der Waals surface area contributed by atoms with Crippen LogP contribution in [-0.4, -0.2) is 49.4 Å². The number of nitrogens with zero attached hydrogens (tertiary/aromatic N) is 2. The predicted molar refractivity (Wildman–Crippen MR) is 97.6 cm³/mol. The van der Waals surface area contributed by atoms with Crippen molar-refractivity contribution < 1.29 is 14.6 Å². The summed E-state index contributed by atoms with van der Waals surface area (Å²) in [5, 5.41) is 4.05. The molecule has 1 saturated heterocycles. The van der Waals surface area contributed by atoms with Gasteiger partial charge in [-0.05, 0) is 12.1 Å². The zero-order chi connectivity index (χ0) is 17.5. The fourth-order valence-corrected chi connectivity index (χ4v) is 3.24. The number of hydrogen-bond acceptors (Lipinski definition) is 2. The second kappa shape index (κ2) is 8.60. The van der Waals surface area contributed by atoms with E-state index in [-0.39, 0.29) is 5.91 Å². The highest BCUT2D eigenvalue weighted by Gasteiger charge is 2.24. The lowest BCUT2D eigenvalue weighted by atomic mass is 10.2. The molecule has 3 N–H and O–H groups in total. The lowest BCUT2D eigenvalue weighted by Gasteiger charge is -2.29. The van der Waals surface area contributed by atoms with Crippen molar-refractivity contribution in [2.75, 3.05) is 32.7 Å². The molecule has 0 unspecified atom stereocenters. The summed E-state index contributed by atoms with van der Waals surface area (Å²) in [4.78, 5) is 15.0. The van der Waals surface area contributed by atoms with Gasteiger partial charge in [-0.2, -0.15) is 5.10 Å². The smallest absolute Gasteiger partial charge is 0.295 e. The van der Waals surface area contributed by atoms with Crippen LogP contribution in [0.1, 0.15) is 11.3 Å². The number of carbonyl (C=O) groups is 1. The Balaban J connectivity index is 1.37. The largest absolute Gasteiger partial charge is 0.350 e. The van der Waals surface area contributed by atoms with Gasteiger partial charge in [-0.15, -0.1) is 0 Å². The van der Waals surface area contributed by atoms with E-state index in [4.69, 9.17) is 0 Å². The van der Waals surface area contributed by atoms with Gasteiger partial charge in [-0.3, -0.25) is 4.79 Å². The third kappa shape index (κ3) is 5.27. The van der Waals surface area contributed by atoms with Crippen molar-refractivity contribution in [2.45, 2.75) is 6.54 Å². The zero-order valence-corrected chi connectivity index (χ0v) is 14.7. The van der Waals surface area contributed by atoms with Crippen LogP contribution in [0.4, 0.5) is 0 Å². The van der Waals surface area contributed by atoms with Crippen molar-refractivity contribution in [3.05, 3.63) is 59.9 Å². The van der Waals surface area contributed by atoms with Gasteiger partial charge in [0.25, 0.3) is 5.91 Å². The molecule has 0 aliphatic carbocycles. The molecule has 2 aromatic rings. The molecule has 1 amide bonds. The van der Waals surface area contributed by atoms with Crippen molar-refractivity contribution in [3.63, 3.8) is 0 Å². The highest BCUT2D eigenvalue weighted by molar-refractivity contribution is 5.81. The first-order valence-corrected chi connectivity index (χ1v) is 8.85. The molecule has 2 heterocycles. The summed E-state index contributed by atoms with van der Waals surface area (Å²) in [6.45, 7) is 5.81. The van der Waals surface area contributed by atoms with Crippen LogP contribution in [0.5, 0.6) is 0 Å². The van der Waals surface area contributed by atoms with Gasteiger partial charge in [-0.25, -0.2) is 5.43 Å². The van der Waals surface area contributed by atoms with Crippen LogP contribution in [0, 0.1) is 0 Å². The van der Waals surface area contributed by atoms with Crippen LogP contribution in [-0.2, 0) is 18.4 Å². The standard InChI is InChI=1S/C19H25N5O/c1-22-9-5-8-18(22)14-20-21-19(25)16-24-12-10-23(11-13-24)15-17-6-3-2-4-7-17/h2-9,14H,10-13,15-16H2,1H3,(H,21,25)/p+2/b20-14-. The first-order chi connectivity index (χ1) is 12.2. The molecule has 0 saturated carbocycles. The quantitative estimate of drug-likeness (QED) is 0.433.